The molecular weight excluding hydrogens is 424 g/mol. The van der Waals surface area contributed by atoms with Crippen LogP contribution >= 0.6 is 23.1 Å². The standard InChI is InChI=1S/C25H24N2O2S2/c1-29-19-13-11-18(12-14-19)27-24(28)22-20-9-5-6-10-21(20)31-23(22)26-25(27)30-16-15-17-7-3-2-4-8-17/h2-4,7-8,11-14H,5-6,9-10,15-16H2,1H3. The number of aryl methyl sites for hydroxylation is 3. The van der Waals surface area contributed by atoms with E-state index in [-0.39, 0.29) is 5.56 Å². The predicted molar refractivity (Wildman–Crippen MR) is 129 cm³/mol. The van der Waals surface area contributed by atoms with E-state index in [0.717, 1.165) is 58.2 Å². The third-order valence-corrected chi connectivity index (χ3v) is 7.88. The van der Waals surface area contributed by atoms with Gasteiger partial charge in [0.2, 0.25) is 0 Å². The van der Waals surface area contributed by atoms with Crippen molar-refractivity contribution in [3.63, 3.8) is 0 Å². The normalized spacial score (nSPS) is 13.3. The predicted octanol–water partition coefficient (Wildman–Crippen LogP) is 5.67. The van der Waals surface area contributed by atoms with Crippen molar-refractivity contribution in [3.05, 3.63) is 81.0 Å². The molecule has 0 atom stereocenters. The fourth-order valence-corrected chi connectivity index (χ4v) is 6.45. The summed E-state index contributed by atoms with van der Waals surface area (Å²) in [6.07, 6.45) is 5.33. The lowest BCUT2D eigenvalue weighted by atomic mass is 9.97. The summed E-state index contributed by atoms with van der Waals surface area (Å²) in [5.41, 5.74) is 3.41. The molecule has 0 bridgehead atoms. The average molecular weight is 449 g/mol. The smallest absolute Gasteiger partial charge is 0.267 e. The summed E-state index contributed by atoms with van der Waals surface area (Å²) in [6, 6.07) is 18.1. The van der Waals surface area contributed by atoms with Gasteiger partial charge in [0.25, 0.3) is 5.56 Å². The highest BCUT2D eigenvalue weighted by Crippen LogP contribution is 2.35. The molecule has 2 heterocycles. The molecule has 0 saturated carbocycles. The Morgan fingerprint density at radius 3 is 2.61 bits per heavy atom. The van der Waals surface area contributed by atoms with E-state index in [2.05, 4.69) is 24.3 Å². The summed E-state index contributed by atoms with van der Waals surface area (Å²) in [6.45, 7) is 0. The molecule has 6 heteroatoms. The number of nitrogens with zero attached hydrogens (tertiary/aromatic N) is 2. The Bertz CT molecular complexity index is 1260. The average Bonchev–Trinajstić information content (AvgIpc) is 3.19. The summed E-state index contributed by atoms with van der Waals surface area (Å²) >= 11 is 3.36. The number of fused-ring (bicyclic) bond motifs is 3. The van der Waals surface area contributed by atoms with Gasteiger partial charge in [-0.1, -0.05) is 42.1 Å². The van der Waals surface area contributed by atoms with Crippen LogP contribution in [0.3, 0.4) is 0 Å². The van der Waals surface area contributed by atoms with Crippen LogP contribution in [-0.2, 0) is 19.3 Å². The molecule has 0 spiro atoms. The number of ether oxygens (including phenoxy) is 1. The van der Waals surface area contributed by atoms with E-state index in [9.17, 15) is 4.79 Å². The number of benzene rings is 2. The number of hydrogen-bond donors (Lipinski definition) is 0. The number of rotatable bonds is 6. The first kappa shape index (κ1) is 20.3. The maximum Gasteiger partial charge on any atom is 0.267 e. The molecule has 4 nitrogen and oxygen atoms in total. The Morgan fingerprint density at radius 2 is 1.84 bits per heavy atom. The van der Waals surface area contributed by atoms with Gasteiger partial charge in [-0.3, -0.25) is 9.36 Å². The second-order valence-corrected chi connectivity index (χ2v) is 9.85. The molecule has 31 heavy (non-hydrogen) atoms. The van der Waals surface area contributed by atoms with E-state index < -0.39 is 0 Å². The maximum absolute atomic E-state index is 13.8. The molecule has 4 aromatic rings. The summed E-state index contributed by atoms with van der Waals surface area (Å²) < 4.78 is 7.10. The fourth-order valence-electron chi connectivity index (χ4n) is 4.15. The van der Waals surface area contributed by atoms with Crippen LogP contribution in [0.5, 0.6) is 5.75 Å². The third kappa shape index (κ3) is 4.02. The van der Waals surface area contributed by atoms with Gasteiger partial charge in [-0.25, -0.2) is 4.98 Å². The van der Waals surface area contributed by atoms with Crippen molar-refractivity contribution in [2.75, 3.05) is 12.9 Å². The number of hydrogen-bond acceptors (Lipinski definition) is 5. The third-order valence-electron chi connectivity index (χ3n) is 5.75. The Kier molecular flexibility index (Phi) is 5.83. The first-order chi connectivity index (χ1) is 15.2. The lowest BCUT2D eigenvalue weighted by Crippen LogP contribution is -2.22. The highest BCUT2D eigenvalue weighted by Gasteiger charge is 2.22. The maximum atomic E-state index is 13.8. The van der Waals surface area contributed by atoms with E-state index in [1.807, 2.05) is 30.3 Å². The first-order valence-electron chi connectivity index (χ1n) is 10.6. The van der Waals surface area contributed by atoms with Crippen molar-refractivity contribution < 1.29 is 4.74 Å². The molecule has 2 aromatic carbocycles. The van der Waals surface area contributed by atoms with Crippen molar-refractivity contribution in [1.82, 2.24) is 9.55 Å². The highest BCUT2D eigenvalue weighted by molar-refractivity contribution is 7.99. The molecular formula is C25H24N2O2S2. The summed E-state index contributed by atoms with van der Waals surface area (Å²) in [5, 5.41) is 1.58. The SMILES string of the molecule is COc1ccc(-n2c(SCCc3ccccc3)nc3sc4c(c3c2=O)CCCC4)cc1. The molecule has 0 unspecified atom stereocenters. The van der Waals surface area contributed by atoms with Crippen molar-refractivity contribution in [2.24, 2.45) is 0 Å². The Hall–Kier alpha value is -2.57. The Labute approximate surface area is 189 Å². The summed E-state index contributed by atoms with van der Waals surface area (Å²) in [7, 11) is 1.65. The Balaban J connectivity index is 1.58. The van der Waals surface area contributed by atoms with Crippen LogP contribution in [0.1, 0.15) is 28.8 Å². The van der Waals surface area contributed by atoms with Gasteiger partial charge in [0.1, 0.15) is 10.6 Å². The largest absolute Gasteiger partial charge is 0.497 e. The molecule has 0 amide bonds. The van der Waals surface area contributed by atoms with Gasteiger partial charge in [-0.15, -0.1) is 11.3 Å². The quantitative estimate of drug-likeness (QED) is 0.282. The van der Waals surface area contributed by atoms with Gasteiger partial charge in [0, 0.05) is 10.6 Å². The van der Waals surface area contributed by atoms with Crippen LogP contribution < -0.4 is 10.3 Å². The van der Waals surface area contributed by atoms with Crippen molar-refractivity contribution in [1.29, 1.82) is 0 Å². The number of thiophene rings is 1. The topological polar surface area (TPSA) is 44.1 Å². The van der Waals surface area contributed by atoms with Crippen LogP contribution in [0.2, 0.25) is 0 Å². The summed E-state index contributed by atoms with van der Waals surface area (Å²) in [4.78, 5) is 21.0. The van der Waals surface area contributed by atoms with Crippen LogP contribution in [0.25, 0.3) is 15.9 Å². The second kappa shape index (κ2) is 8.89. The molecule has 0 aliphatic heterocycles. The number of thioether (sulfide) groups is 1. The van der Waals surface area contributed by atoms with E-state index in [4.69, 9.17) is 9.72 Å². The van der Waals surface area contributed by atoms with Crippen LogP contribution in [0.4, 0.5) is 0 Å². The lowest BCUT2D eigenvalue weighted by Gasteiger charge is -2.14. The van der Waals surface area contributed by atoms with Gasteiger partial charge in [0.05, 0.1) is 18.2 Å². The van der Waals surface area contributed by atoms with Gasteiger partial charge in [-0.2, -0.15) is 0 Å². The highest BCUT2D eigenvalue weighted by atomic mass is 32.2. The minimum Gasteiger partial charge on any atom is -0.497 e. The van der Waals surface area contributed by atoms with Crippen molar-refractivity contribution >= 4 is 33.3 Å². The second-order valence-electron chi connectivity index (χ2n) is 7.71. The first-order valence-corrected chi connectivity index (χ1v) is 12.4. The molecule has 0 fully saturated rings. The van der Waals surface area contributed by atoms with E-state index in [0.29, 0.717) is 0 Å². The number of aromatic nitrogens is 2. The molecule has 1 aliphatic carbocycles. The minimum atomic E-state index is 0.0526. The van der Waals surface area contributed by atoms with Crippen LogP contribution in [-0.4, -0.2) is 22.4 Å². The van der Waals surface area contributed by atoms with Crippen LogP contribution in [0.15, 0.2) is 64.5 Å². The molecule has 158 valence electrons. The van der Waals surface area contributed by atoms with E-state index in [1.54, 1.807) is 34.8 Å². The molecule has 5 rings (SSSR count). The molecule has 0 saturated heterocycles. The minimum absolute atomic E-state index is 0.0526. The molecule has 1 aliphatic rings. The zero-order valence-electron chi connectivity index (χ0n) is 17.5. The molecule has 2 aromatic heterocycles. The summed E-state index contributed by atoms with van der Waals surface area (Å²) in [5.74, 6) is 1.64. The fraction of sp³-hybridized carbons (Fsp3) is 0.280. The molecule has 0 radical (unpaired) electrons. The van der Waals surface area contributed by atoms with Gasteiger partial charge in [0.15, 0.2) is 5.16 Å². The number of methoxy groups -OCH3 is 1. The van der Waals surface area contributed by atoms with Gasteiger partial charge >= 0.3 is 0 Å². The van der Waals surface area contributed by atoms with Crippen molar-refractivity contribution in [3.8, 4) is 11.4 Å². The van der Waals surface area contributed by atoms with E-state index in [1.165, 1.54) is 22.4 Å². The van der Waals surface area contributed by atoms with Gasteiger partial charge < -0.3 is 4.74 Å². The van der Waals surface area contributed by atoms with Crippen LogP contribution in [0, 0.1) is 0 Å². The Morgan fingerprint density at radius 1 is 1.06 bits per heavy atom. The molecule has 0 N–H and O–H groups in total. The monoisotopic (exact) mass is 448 g/mol. The van der Waals surface area contributed by atoms with E-state index >= 15 is 0 Å². The van der Waals surface area contributed by atoms with Crippen molar-refractivity contribution in [2.45, 2.75) is 37.3 Å². The lowest BCUT2D eigenvalue weighted by molar-refractivity contribution is 0.414. The zero-order valence-corrected chi connectivity index (χ0v) is 19.1. The van der Waals surface area contributed by atoms with Gasteiger partial charge in [-0.05, 0) is 67.5 Å². The zero-order chi connectivity index (χ0) is 21.2.